The summed E-state index contributed by atoms with van der Waals surface area (Å²) in [6.45, 7) is 2.58. The fourth-order valence-electron chi connectivity index (χ4n) is 4.74. The normalized spacial score (nSPS) is 23.4. The maximum atomic E-state index is 13.4. The van der Waals surface area contributed by atoms with Crippen molar-refractivity contribution in [3.63, 3.8) is 0 Å². The van der Waals surface area contributed by atoms with Crippen LogP contribution in [0.2, 0.25) is 0 Å². The lowest BCUT2D eigenvalue weighted by atomic mass is 9.89. The van der Waals surface area contributed by atoms with Gasteiger partial charge in [0.15, 0.2) is 5.13 Å². The third kappa shape index (κ3) is 3.07. The lowest BCUT2D eigenvalue weighted by molar-refractivity contribution is 0.0704. The van der Waals surface area contributed by atoms with Gasteiger partial charge in [0.05, 0.1) is 13.2 Å². The summed E-state index contributed by atoms with van der Waals surface area (Å²) in [5.41, 5.74) is 1.77. The van der Waals surface area contributed by atoms with Gasteiger partial charge in [-0.1, -0.05) is 12.1 Å². The number of hydrogen-bond acceptors (Lipinski definition) is 6. The Morgan fingerprint density at radius 2 is 1.97 bits per heavy atom. The standard InChI is InChI=1S/C21H23N5O2S/c1-24-18(7-8-23-24)20(27)26-12-15-11-25(21-22-9-10-29-21)13-17(15)19(26)14-3-5-16(28-2)6-4-14/h3-10,15,17,19H,11-13H2,1-2H3/t15-,17-,19-/m0/s1. The molecule has 8 heteroatoms. The van der Waals surface area contributed by atoms with E-state index >= 15 is 0 Å². The molecule has 0 radical (unpaired) electrons. The van der Waals surface area contributed by atoms with Gasteiger partial charge in [-0.2, -0.15) is 5.10 Å². The number of benzene rings is 1. The van der Waals surface area contributed by atoms with Crippen LogP contribution in [0, 0.1) is 11.8 Å². The van der Waals surface area contributed by atoms with Gasteiger partial charge in [-0.25, -0.2) is 4.98 Å². The van der Waals surface area contributed by atoms with E-state index in [-0.39, 0.29) is 11.9 Å². The van der Waals surface area contributed by atoms with Crippen LogP contribution < -0.4 is 9.64 Å². The second-order valence-electron chi connectivity index (χ2n) is 7.66. The van der Waals surface area contributed by atoms with E-state index in [4.69, 9.17) is 4.74 Å². The minimum atomic E-state index is 0.0262. The van der Waals surface area contributed by atoms with Gasteiger partial charge >= 0.3 is 0 Å². The molecule has 2 aliphatic heterocycles. The molecule has 1 aromatic carbocycles. The maximum Gasteiger partial charge on any atom is 0.272 e. The van der Waals surface area contributed by atoms with Crippen molar-refractivity contribution in [1.29, 1.82) is 0 Å². The van der Waals surface area contributed by atoms with Crippen LogP contribution >= 0.6 is 11.3 Å². The fourth-order valence-corrected chi connectivity index (χ4v) is 5.40. The Morgan fingerprint density at radius 1 is 1.14 bits per heavy atom. The van der Waals surface area contributed by atoms with E-state index in [1.54, 1.807) is 35.4 Å². The number of aryl methyl sites for hydroxylation is 1. The second-order valence-corrected chi connectivity index (χ2v) is 8.53. The first kappa shape index (κ1) is 18.2. The van der Waals surface area contributed by atoms with Gasteiger partial charge < -0.3 is 14.5 Å². The number of methoxy groups -OCH3 is 1. The van der Waals surface area contributed by atoms with Crippen LogP contribution in [0.15, 0.2) is 48.1 Å². The van der Waals surface area contributed by atoms with Crippen LogP contribution in [0.3, 0.4) is 0 Å². The van der Waals surface area contributed by atoms with E-state index in [0.717, 1.165) is 36.1 Å². The predicted octanol–water partition coefficient (Wildman–Crippen LogP) is 2.83. The average molecular weight is 410 g/mol. The van der Waals surface area contributed by atoms with Crippen LogP contribution in [-0.2, 0) is 7.05 Å². The minimum absolute atomic E-state index is 0.0262. The van der Waals surface area contributed by atoms with Crippen molar-refractivity contribution in [2.45, 2.75) is 6.04 Å². The molecule has 0 aliphatic carbocycles. The van der Waals surface area contributed by atoms with Crippen molar-refractivity contribution < 1.29 is 9.53 Å². The van der Waals surface area contributed by atoms with Gasteiger partial charge in [0.1, 0.15) is 11.4 Å². The average Bonchev–Trinajstić information content (AvgIpc) is 3.50. The largest absolute Gasteiger partial charge is 0.497 e. The SMILES string of the molecule is COc1ccc([C@H]2[C@H]3CN(c4nccs4)C[C@H]3CN2C(=O)c2ccnn2C)cc1. The van der Waals surface area contributed by atoms with Gasteiger partial charge in [0.25, 0.3) is 5.91 Å². The first-order valence-electron chi connectivity index (χ1n) is 9.73. The number of fused-ring (bicyclic) bond motifs is 1. The van der Waals surface area contributed by atoms with Crippen LogP contribution in [0.1, 0.15) is 22.1 Å². The summed E-state index contributed by atoms with van der Waals surface area (Å²) in [5.74, 6) is 1.65. The molecule has 2 saturated heterocycles. The molecule has 2 aromatic heterocycles. The molecule has 150 valence electrons. The molecule has 0 N–H and O–H groups in total. The van der Waals surface area contributed by atoms with Crippen molar-refractivity contribution >= 4 is 22.4 Å². The van der Waals surface area contributed by atoms with Gasteiger partial charge in [-0.15, -0.1) is 11.3 Å². The summed E-state index contributed by atoms with van der Waals surface area (Å²) < 4.78 is 6.98. The second kappa shape index (κ2) is 7.18. The molecule has 0 saturated carbocycles. The highest BCUT2D eigenvalue weighted by Gasteiger charge is 2.50. The summed E-state index contributed by atoms with van der Waals surface area (Å²) in [6, 6.07) is 9.94. The molecule has 5 rings (SSSR count). The van der Waals surface area contributed by atoms with Crippen molar-refractivity contribution in [3.05, 3.63) is 59.4 Å². The van der Waals surface area contributed by atoms with Crippen LogP contribution in [0.25, 0.3) is 0 Å². The Bertz CT molecular complexity index is 1000. The highest BCUT2D eigenvalue weighted by molar-refractivity contribution is 7.13. The molecule has 2 fully saturated rings. The third-order valence-electron chi connectivity index (χ3n) is 6.11. The van der Waals surface area contributed by atoms with Gasteiger partial charge in [-0.3, -0.25) is 9.48 Å². The molecule has 0 unspecified atom stereocenters. The van der Waals surface area contributed by atoms with Crippen molar-refractivity contribution in [2.24, 2.45) is 18.9 Å². The van der Waals surface area contributed by atoms with Crippen molar-refractivity contribution in [3.8, 4) is 5.75 Å². The summed E-state index contributed by atoms with van der Waals surface area (Å²) in [6.07, 6.45) is 3.53. The first-order chi connectivity index (χ1) is 14.2. The summed E-state index contributed by atoms with van der Waals surface area (Å²) >= 11 is 1.67. The number of hydrogen-bond donors (Lipinski definition) is 0. The minimum Gasteiger partial charge on any atom is -0.497 e. The van der Waals surface area contributed by atoms with Crippen LogP contribution in [0.4, 0.5) is 5.13 Å². The molecule has 0 bridgehead atoms. The van der Waals surface area contributed by atoms with E-state index in [9.17, 15) is 4.79 Å². The lowest BCUT2D eigenvalue weighted by Gasteiger charge is -2.30. The van der Waals surface area contributed by atoms with E-state index in [0.29, 0.717) is 17.5 Å². The molecule has 0 spiro atoms. The number of thiazole rings is 1. The van der Waals surface area contributed by atoms with E-state index in [1.807, 2.05) is 35.7 Å². The zero-order chi connectivity index (χ0) is 20.0. The Morgan fingerprint density at radius 3 is 2.62 bits per heavy atom. The number of ether oxygens (including phenoxy) is 1. The number of carbonyl (C=O) groups is 1. The smallest absolute Gasteiger partial charge is 0.272 e. The topological polar surface area (TPSA) is 63.5 Å². The van der Waals surface area contributed by atoms with Crippen molar-refractivity contribution in [1.82, 2.24) is 19.7 Å². The highest BCUT2D eigenvalue weighted by atomic mass is 32.1. The zero-order valence-corrected chi connectivity index (χ0v) is 17.2. The lowest BCUT2D eigenvalue weighted by Crippen LogP contribution is -2.36. The number of amides is 1. The summed E-state index contributed by atoms with van der Waals surface area (Å²) in [5, 5.41) is 7.27. The third-order valence-corrected chi connectivity index (χ3v) is 6.94. The van der Waals surface area contributed by atoms with E-state index < -0.39 is 0 Å². The van der Waals surface area contributed by atoms with Crippen LogP contribution in [-0.4, -0.2) is 52.3 Å². The molecular weight excluding hydrogens is 386 g/mol. The maximum absolute atomic E-state index is 13.4. The van der Waals surface area contributed by atoms with Gasteiger partial charge in [0, 0.05) is 56.3 Å². The molecule has 29 heavy (non-hydrogen) atoms. The molecule has 2 aliphatic rings. The first-order valence-corrected chi connectivity index (χ1v) is 10.6. The fraction of sp³-hybridized carbons (Fsp3) is 0.381. The van der Waals surface area contributed by atoms with Gasteiger partial charge in [-0.05, 0) is 23.8 Å². The number of likely N-dealkylation sites (tertiary alicyclic amines) is 1. The highest BCUT2D eigenvalue weighted by Crippen LogP contribution is 2.46. The number of anilines is 1. The quantitative estimate of drug-likeness (QED) is 0.663. The number of carbonyl (C=O) groups excluding carboxylic acids is 1. The molecule has 3 aromatic rings. The Labute approximate surface area is 173 Å². The van der Waals surface area contributed by atoms with Gasteiger partial charge in [0.2, 0.25) is 0 Å². The molecule has 4 heterocycles. The van der Waals surface area contributed by atoms with Crippen molar-refractivity contribution in [2.75, 3.05) is 31.6 Å². The number of nitrogens with zero attached hydrogens (tertiary/aromatic N) is 5. The van der Waals surface area contributed by atoms with E-state index in [2.05, 4.69) is 27.1 Å². The predicted molar refractivity (Wildman–Crippen MR) is 111 cm³/mol. The monoisotopic (exact) mass is 409 g/mol. The number of rotatable bonds is 4. The summed E-state index contributed by atoms with van der Waals surface area (Å²) in [7, 11) is 3.48. The molecule has 7 nitrogen and oxygen atoms in total. The summed E-state index contributed by atoms with van der Waals surface area (Å²) in [4.78, 5) is 22.3. The zero-order valence-electron chi connectivity index (χ0n) is 16.4. The van der Waals surface area contributed by atoms with Crippen LogP contribution in [0.5, 0.6) is 5.75 Å². The molecule has 3 atom stereocenters. The Kier molecular flexibility index (Phi) is 4.50. The Hall–Kier alpha value is -2.87. The molecular formula is C21H23N5O2S. The molecule has 1 amide bonds. The van der Waals surface area contributed by atoms with E-state index in [1.165, 1.54) is 0 Å². The number of aromatic nitrogens is 3. The Balaban J connectivity index is 1.48.